The van der Waals surface area contributed by atoms with Gasteiger partial charge in [-0.05, 0) is 43.2 Å². The molecule has 0 saturated carbocycles. The third kappa shape index (κ3) is 4.56. The lowest BCUT2D eigenvalue weighted by Crippen LogP contribution is -2.27. The molecule has 1 amide bonds. The zero-order valence-electron chi connectivity index (χ0n) is 18.0. The molecule has 0 aliphatic rings. The lowest BCUT2D eigenvalue weighted by molar-refractivity contribution is 0.102. The highest BCUT2D eigenvalue weighted by Gasteiger charge is 2.25. The van der Waals surface area contributed by atoms with Gasteiger partial charge in [0.05, 0.1) is 23.9 Å². The van der Waals surface area contributed by atoms with Gasteiger partial charge in [0.1, 0.15) is 11.6 Å². The minimum absolute atomic E-state index is 0.0127. The van der Waals surface area contributed by atoms with E-state index in [1.807, 2.05) is 6.92 Å². The van der Waals surface area contributed by atoms with Crippen molar-refractivity contribution in [2.24, 2.45) is 0 Å². The normalized spacial score (nSPS) is 11.2. The fraction of sp³-hybridized carbons (Fsp3) is 0.273. The fourth-order valence-electron chi connectivity index (χ4n) is 3.20. The highest BCUT2D eigenvalue weighted by atomic mass is 32.2. The van der Waals surface area contributed by atoms with E-state index < -0.39 is 15.9 Å². The highest BCUT2D eigenvalue weighted by molar-refractivity contribution is 7.92. The number of nitrogens with one attached hydrogen (secondary N) is 1. The molecule has 3 rings (SSSR count). The number of carbonyl (C=O) groups excluding carboxylic acids is 1. The van der Waals surface area contributed by atoms with E-state index in [4.69, 9.17) is 4.74 Å². The first-order chi connectivity index (χ1) is 14.8. The second-order valence-corrected chi connectivity index (χ2v) is 8.98. The predicted molar refractivity (Wildman–Crippen MR) is 120 cm³/mol. The number of para-hydroxylation sites is 2. The number of carbonyl (C=O) groups is 1. The average Bonchev–Trinajstić information content (AvgIpc) is 3.20. The molecule has 0 fully saturated rings. The number of ether oxygens (including phenoxy) is 1. The van der Waals surface area contributed by atoms with Crippen molar-refractivity contribution in [2.75, 3.05) is 23.8 Å². The number of aromatic nitrogens is 2. The Morgan fingerprint density at radius 1 is 1.19 bits per heavy atom. The molecule has 1 N–H and O–H groups in total. The van der Waals surface area contributed by atoms with Crippen molar-refractivity contribution in [3.05, 3.63) is 65.9 Å². The van der Waals surface area contributed by atoms with Crippen LogP contribution in [-0.4, -0.2) is 38.3 Å². The van der Waals surface area contributed by atoms with Gasteiger partial charge in [0.2, 0.25) is 0 Å². The number of rotatable bonds is 8. The van der Waals surface area contributed by atoms with Gasteiger partial charge in [-0.25, -0.2) is 13.1 Å². The van der Waals surface area contributed by atoms with Crippen LogP contribution in [0.4, 0.5) is 11.5 Å². The summed E-state index contributed by atoms with van der Waals surface area (Å²) in [7, 11) is -0.983. The largest absolute Gasteiger partial charge is 0.495 e. The monoisotopic (exact) mass is 442 g/mol. The van der Waals surface area contributed by atoms with Crippen molar-refractivity contribution < 1.29 is 17.9 Å². The van der Waals surface area contributed by atoms with Gasteiger partial charge >= 0.3 is 0 Å². The number of methoxy groups -OCH3 is 1. The fourth-order valence-corrected chi connectivity index (χ4v) is 4.43. The van der Waals surface area contributed by atoms with Gasteiger partial charge < -0.3 is 10.1 Å². The zero-order valence-corrected chi connectivity index (χ0v) is 18.8. The lowest BCUT2D eigenvalue weighted by Gasteiger charge is -2.22. The Labute approximate surface area is 182 Å². The van der Waals surface area contributed by atoms with Crippen LogP contribution >= 0.6 is 0 Å². The van der Waals surface area contributed by atoms with Gasteiger partial charge in [-0.15, -0.1) is 0 Å². The van der Waals surface area contributed by atoms with Crippen molar-refractivity contribution in [3.63, 3.8) is 0 Å². The molecule has 0 atom stereocenters. The third-order valence-electron chi connectivity index (χ3n) is 4.93. The van der Waals surface area contributed by atoms with Crippen molar-refractivity contribution in [2.45, 2.75) is 31.7 Å². The zero-order chi connectivity index (χ0) is 22.6. The summed E-state index contributed by atoms with van der Waals surface area (Å²) in [5.41, 5.74) is 1.34. The molecule has 1 heterocycles. The van der Waals surface area contributed by atoms with Crippen LogP contribution in [0.2, 0.25) is 0 Å². The second-order valence-electron chi connectivity index (χ2n) is 7.01. The Morgan fingerprint density at radius 3 is 2.65 bits per heavy atom. The molecule has 8 nitrogen and oxygen atoms in total. The summed E-state index contributed by atoms with van der Waals surface area (Å²) in [6.07, 6.45) is 2.48. The van der Waals surface area contributed by atoms with E-state index in [0.717, 1.165) is 10.7 Å². The number of aryl methyl sites for hydroxylation is 2. The first-order valence-corrected chi connectivity index (χ1v) is 11.3. The summed E-state index contributed by atoms with van der Waals surface area (Å²) >= 11 is 0. The molecule has 0 unspecified atom stereocenters. The van der Waals surface area contributed by atoms with Gasteiger partial charge in [0, 0.05) is 25.2 Å². The van der Waals surface area contributed by atoms with Crippen LogP contribution < -0.4 is 14.4 Å². The van der Waals surface area contributed by atoms with Crippen molar-refractivity contribution in [1.29, 1.82) is 0 Å². The Kier molecular flexibility index (Phi) is 6.65. The Morgan fingerprint density at radius 2 is 1.94 bits per heavy atom. The minimum atomic E-state index is -3.92. The van der Waals surface area contributed by atoms with Crippen molar-refractivity contribution in [3.8, 4) is 5.75 Å². The molecule has 31 heavy (non-hydrogen) atoms. The van der Waals surface area contributed by atoms with Gasteiger partial charge in [0.25, 0.3) is 15.9 Å². The molecular formula is C22H26N4O4S. The Bertz CT molecular complexity index is 1190. The standard InChI is InChI=1S/C22H26N4O4S/c1-5-14-26-21(12-13-23-26)24-22(27)18-15-17(11-10-16(18)2)31(28,29)25(3)19-8-6-7-9-20(19)30-4/h6-13,15H,5,14H2,1-4H3,(H,24,27). The van der Waals surface area contributed by atoms with Crippen LogP contribution in [0.15, 0.2) is 59.6 Å². The molecule has 164 valence electrons. The SMILES string of the molecule is CCCn1nccc1NC(=O)c1cc(S(=O)(=O)N(C)c2ccccc2OC)ccc1C. The van der Waals surface area contributed by atoms with Crippen LogP contribution in [0.1, 0.15) is 29.3 Å². The van der Waals surface area contributed by atoms with Crippen molar-refractivity contribution in [1.82, 2.24) is 9.78 Å². The summed E-state index contributed by atoms with van der Waals surface area (Å²) in [5, 5.41) is 7.02. The quantitative estimate of drug-likeness (QED) is 0.574. The summed E-state index contributed by atoms with van der Waals surface area (Å²) in [5.74, 6) is 0.598. The molecular weight excluding hydrogens is 416 g/mol. The summed E-state index contributed by atoms with van der Waals surface area (Å²) in [6.45, 7) is 4.45. The summed E-state index contributed by atoms with van der Waals surface area (Å²) in [4.78, 5) is 12.9. The summed E-state index contributed by atoms with van der Waals surface area (Å²) < 4.78 is 34.7. The van der Waals surface area contributed by atoms with Crippen LogP contribution in [0.5, 0.6) is 5.75 Å². The number of hydrogen-bond donors (Lipinski definition) is 1. The molecule has 0 saturated heterocycles. The van der Waals surface area contributed by atoms with Crippen LogP contribution in [-0.2, 0) is 16.6 Å². The predicted octanol–water partition coefficient (Wildman–Crippen LogP) is 3.69. The molecule has 9 heteroatoms. The molecule has 3 aromatic rings. The molecule has 0 bridgehead atoms. The van der Waals surface area contributed by atoms with E-state index in [0.29, 0.717) is 29.4 Å². The minimum Gasteiger partial charge on any atom is -0.495 e. The van der Waals surface area contributed by atoms with E-state index in [9.17, 15) is 13.2 Å². The molecule has 2 aromatic carbocycles. The van der Waals surface area contributed by atoms with Gasteiger partial charge in [-0.1, -0.05) is 25.1 Å². The number of nitrogens with zero attached hydrogens (tertiary/aromatic N) is 3. The maximum absolute atomic E-state index is 13.3. The van der Waals surface area contributed by atoms with E-state index in [1.165, 1.54) is 26.3 Å². The molecule has 0 radical (unpaired) electrons. The Balaban J connectivity index is 1.94. The number of sulfonamides is 1. The number of benzene rings is 2. The van der Waals surface area contributed by atoms with Crippen LogP contribution in [0, 0.1) is 6.92 Å². The van der Waals surface area contributed by atoms with Gasteiger partial charge in [-0.3, -0.25) is 9.10 Å². The number of amides is 1. The molecule has 0 aliphatic carbocycles. The van der Waals surface area contributed by atoms with E-state index in [1.54, 1.807) is 54.2 Å². The summed E-state index contributed by atoms with van der Waals surface area (Å²) in [6, 6.07) is 13.1. The van der Waals surface area contributed by atoms with E-state index >= 15 is 0 Å². The van der Waals surface area contributed by atoms with Crippen LogP contribution in [0.3, 0.4) is 0 Å². The lowest BCUT2D eigenvalue weighted by atomic mass is 10.1. The Hall–Kier alpha value is -3.33. The van der Waals surface area contributed by atoms with E-state index in [-0.39, 0.29) is 10.5 Å². The smallest absolute Gasteiger partial charge is 0.264 e. The van der Waals surface area contributed by atoms with Gasteiger partial charge in [-0.2, -0.15) is 5.10 Å². The number of hydrogen-bond acceptors (Lipinski definition) is 5. The molecule has 0 spiro atoms. The highest BCUT2D eigenvalue weighted by Crippen LogP contribution is 2.31. The maximum atomic E-state index is 13.3. The van der Waals surface area contributed by atoms with E-state index in [2.05, 4.69) is 10.4 Å². The topological polar surface area (TPSA) is 93.5 Å². The second kappa shape index (κ2) is 9.22. The maximum Gasteiger partial charge on any atom is 0.264 e. The first kappa shape index (κ1) is 22.4. The van der Waals surface area contributed by atoms with Gasteiger partial charge in [0.15, 0.2) is 0 Å². The number of anilines is 2. The molecule has 1 aromatic heterocycles. The molecule has 0 aliphatic heterocycles. The third-order valence-corrected chi connectivity index (χ3v) is 6.70. The first-order valence-electron chi connectivity index (χ1n) is 9.85. The van der Waals surface area contributed by atoms with Crippen LogP contribution in [0.25, 0.3) is 0 Å². The van der Waals surface area contributed by atoms with Crippen molar-refractivity contribution >= 4 is 27.4 Å². The average molecular weight is 443 g/mol.